The molecule has 1 aromatic rings. The van der Waals surface area contributed by atoms with Gasteiger partial charge < -0.3 is 9.47 Å². The van der Waals surface area contributed by atoms with Gasteiger partial charge in [0.1, 0.15) is 0 Å². The first-order valence-corrected chi connectivity index (χ1v) is 6.03. The molecule has 0 aliphatic carbocycles. The largest absolute Gasteiger partial charge is 0.493 e. The summed E-state index contributed by atoms with van der Waals surface area (Å²) in [5, 5.41) is 0.459. The molecular weight excluding hydrogens is 240 g/mol. The number of aldehydes is 1. The number of ether oxygens (including phenoxy) is 2. The lowest BCUT2D eigenvalue weighted by atomic mass is 10.1. The Kier molecular flexibility index (Phi) is 5.29. The molecule has 1 aromatic carbocycles. The molecule has 0 aliphatic rings. The summed E-state index contributed by atoms with van der Waals surface area (Å²) < 4.78 is 11.0. The van der Waals surface area contributed by atoms with E-state index in [-0.39, 0.29) is 6.10 Å². The minimum Gasteiger partial charge on any atom is -0.493 e. The zero-order valence-corrected chi connectivity index (χ0v) is 11.1. The fourth-order valence-electron chi connectivity index (χ4n) is 1.58. The summed E-state index contributed by atoms with van der Waals surface area (Å²) in [4.78, 5) is 11.0. The number of benzene rings is 1. The first-order valence-electron chi connectivity index (χ1n) is 5.65. The van der Waals surface area contributed by atoms with Crippen molar-refractivity contribution in [1.82, 2.24) is 0 Å². The van der Waals surface area contributed by atoms with E-state index in [1.807, 2.05) is 13.8 Å². The van der Waals surface area contributed by atoms with Gasteiger partial charge in [-0.2, -0.15) is 0 Å². The molecule has 0 unspecified atom stereocenters. The quantitative estimate of drug-likeness (QED) is 0.728. The molecule has 0 radical (unpaired) electrons. The number of methoxy groups -OCH3 is 1. The van der Waals surface area contributed by atoms with Crippen molar-refractivity contribution in [3.05, 3.63) is 22.7 Å². The Morgan fingerprint density at radius 2 is 2.00 bits per heavy atom. The van der Waals surface area contributed by atoms with Crippen LogP contribution in [-0.4, -0.2) is 19.5 Å². The lowest BCUT2D eigenvalue weighted by Crippen LogP contribution is -2.15. The molecule has 94 valence electrons. The number of carbonyl (C=O) groups is 1. The van der Waals surface area contributed by atoms with Crippen LogP contribution in [0.3, 0.4) is 0 Å². The summed E-state index contributed by atoms with van der Waals surface area (Å²) in [6, 6.07) is 3.22. The van der Waals surface area contributed by atoms with Gasteiger partial charge in [0.25, 0.3) is 0 Å². The summed E-state index contributed by atoms with van der Waals surface area (Å²) in [7, 11) is 1.53. The van der Waals surface area contributed by atoms with E-state index in [9.17, 15) is 4.79 Å². The Bertz CT molecular complexity index is 386. The second kappa shape index (κ2) is 6.50. The summed E-state index contributed by atoms with van der Waals surface area (Å²) in [5.74, 6) is 0.965. The Balaban J connectivity index is 3.14. The average molecular weight is 257 g/mol. The minimum absolute atomic E-state index is 0.0729. The van der Waals surface area contributed by atoms with Crippen molar-refractivity contribution in [3.8, 4) is 11.5 Å². The van der Waals surface area contributed by atoms with Gasteiger partial charge in [-0.25, -0.2) is 0 Å². The molecule has 0 heterocycles. The van der Waals surface area contributed by atoms with E-state index < -0.39 is 0 Å². The maximum Gasteiger partial charge on any atom is 0.172 e. The van der Waals surface area contributed by atoms with Gasteiger partial charge in [0.2, 0.25) is 0 Å². The van der Waals surface area contributed by atoms with Gasteiger partial charge in [0, 0.05) is 11.1 Å². The van der Waals surface area contributed by atoms with Crippen LogP contribution in [0, 0.1) is 0 Å². The highest BCUT2D eigenvalue weighted by Crippen LogP contribution is 2.35. The number of carbonyl (C=O) groups excluding carboxylic acids is 1. The van der Waals surface area contributed by atoms with E-state index >= 15 is 0 Å². The molecular formula is C13H17ClO3. The van der Waals surface area contributed by atoms with Crippen molar-refractivity contribution in [3.63, 3.8) is 0 Å². The first-order chi connectivity index (χ1) is 8.15. The molecule has 0 atom stereocenters. The van der Waals surface area contributed by atoms with Crippen LogP contribution in [0.1, 0.15) is 37.0 Å². The van der Waals surface area contributed by atoms with E-state index in [4.69, 9.17) is 21.1 Å². The third-order valence-corrected chi connectivity index (χ3v) is 2.81. The summed E-state index contributed by atoms with van der Waals surface area (Å²) in [6.45, 7) is 4.08. The summed E-state index contributed by atoms with van der Waals surface area (Å²) in [5.41, 5.74) is 0.418. The van der Waals surface area contributed by atoms with Crippen molar-refractivity contribution >= 4 is 17.9 Å². The Morgan fingerprint density at radius 1 is 1.35 bits per heavy atom. The maximum absolute atomic E-state index is 11.0. The second-order valence-electron chi connectivity index (χ2n) is 3.70. The minimum atomic E-state index is 0.0729. The molecule has 0 fully saturated rings. The molecule has 17 heavy (non-hydrogen) atoms. The van der Waals surface area contributed by atoms with Gasteiger partial charge >= 0.3 is 0 Å². The number of rotatable bonds is 6. The third-order valence-electron chi connectivity index (χ3n) is 2.59. The van der Waals surface area contributed by atoms with Crippen LogP contribution in [-0.2, 0) is 0 Å². The molecule has 0 aliphatic heterocycles. The molecule has 0 N–H and O–H groups in total. The Hall–Kier alpha value is -1.22. The highest BCUT2D eigenvalue weighted by atomic mass is 35.5. The topological polar surface area (TPSA) is 35.5 Å². The van der Waals surface area contributed by atoms with Crippen molar-refractivity contribution < 1.29 is 14.3 Å². The van der Waals surface area contributed by atoms with Gasteiger partial charge in [0.15, 0.2) is 17.8 Å². The highest BCUT2D eigenvalue weighted by Gasteiger charge is 2.15. The molecule has 4 heteroatoms. The average Bonchev–Trinajstić information content (AvgIpc) is 2.36. The van der Waals surface area contributed by atoms with Crippen molar-refractivity contribution in [2.45, 2.75) is 32.8 Å². The third kappa shape index (κ3) is 3.37. The number of hydrogen-bond acceptors (Lipinski definition) is 3. The van der Waals surface area contributed by atoms with Crippen LogP contribution < -0.4 is 9.47 Å². The van der Waals surface area contributed by atoms with Gasteiger partial charge in [-0.05, 0) is 18.9 Å². The molecule has 0 saturated heterocycles. The highest BCUT2D eigenvalue weighted by molar-refractivity contribution is 6.31. The maximum atomic E-state index is 11.0. The molecule has 1 rings (SSSR count). The molecule has 0 aromatic heterocycles. The van der Waals surface area contributed by atoms with E-state index in [1.54, 1.807) is 12.1 Å². The van der Waals surface area contributed by atoms with Gasteiger partial charge in [-0.15, -0.1) is 0 Å². The first kappa shape index (κ1) is 13.8. The molecule has 0 saturated carbocycles. The van der Waals surface area contributed by atoms with Gasteiger partial charge in [-0.3, -0.25) is 4.79 Å². The number of halogens is 1. The lowest BCUT2D eigenvalue weighted by Gasteiger charge is -2.19. The van der Waals surface area contributed by atoms with Crippen LogP contribution >= 0.6 is 11.6 Å². The predicted octanol–water partition coefficient (Wildman–Crippen LogP) is 3.73. The molecule has 0 bridgehead atoms. The van der Waals surface area contributed by atoms with Crippen molar-refractivity contribution in [1.29, 1.82) is 0 Å². The normalized spacial score (nSPS) is 10.4. The van der Waals surface area contributed by atoms with Crippen LogP contribution in [0.4, 0.5) is 0 Å². The molecule has 3 nitrogen and oxygen atoms in total. The zero-order valence-electron chi connectivity index (χ0n) is 10.3. The Labute approximate surface area is 107 Å². The molecule has 0 amide bonds. The van der Waals surface area contributed by atoms with E-state index in [2.05, 4.69) is 0 Å². The van der Waals surface area contributed by atoms with E-state index in [0.29, 0.717) is 22.1 Å². The summed E-state index contributed by atoms with van der Waals surface area (Å²) >= 11 is 5.89. The lowest BCUT2D eigenvalue weighted by molar-refractivity contribution is 0.111. The van der Waals surface area contributed by atoms with Crippen molar-refractivity contribution in [2.24, 2.45) is 0 Å². The van der Waals surface area contributed by atoms with Crippen LogP contribution in [0.15, 0.2) is 12.1 Å². The van der Waals surface area contributed by atoms with E-state index in [1.165, 1.54) is 7.11 Å². The SMILES string of the molecule is CCC(CC)Oc1c(C=O)cc(Cl)cc1OC. The van der Waals surface area contributed by atoms with Gasteiger partial charge in [-0.1, -0.05) is 25.4 Å². The predicted molar refractivity (Wildman–Crippen MR) is 68.4 cm³/mol. The fraction of sp³-hybridized carbons (Fsp3) is 0.462. The van der Waals surface area contributed by atoms with Crippen LogP contribution in [0.2, 0.25) is 5.02 Å². The smallest absolute Gasteiger partial charge is 0.172 e. The zero-order chi connectivity index (χ0) is 12.8. The van der Waals surface area contributed by atoms with Crippen LogP contribution in [0.25, 0.3) is 0 Å². The fourth-order valence-corrected chi connectivity index (χ4v) is 1.79. The second-order valence-corrected chi connectivity index (χ2v) is 4.14. The van der Waals surface area contributed by atoms with E-state index in [0.717, 1.165) is 19.1 Å². The monoisotopic (exact) mass is 256 g/mol. The Morgan fingerprint density at radius 3 is 2.47 bits per heavy atom. The standard InChI is InChI=1S/C13H17ClO3/c1-4-11(5-2)17-13-9(8-15)6-10(14)7-12(13)16-3/h6-8,11H,4-5H2,1-3H3. The number of hydrogen-bond donors (Lipinski definition) is 0. The van der Waals surface area contributed by atoms with Crippen molar-refractivity contribution in [2.75, 3.05) is 7.11 Å². The molecule has 0 spiro atoms. The van der Waals surface area contributed by atoms with Gasteiger partial charge in [0.05, 0.1) is 18.8 Å². The summed E-state index contributed by atoms with van der Waals surface area (Å²) in [6.07, 6.45) is 2.55. The van der Waals surface area contributed by atoms with Crippen LogP contribution in [0.5, 0.6) is 11.5 Å².